The van der Waals surface area contributed by atoms with Gasteiger partial charge in [0.15, 0.2) is 0 Å². The molecule has 0 fully saturated rings. The fourth-order valence-corrected chi connectivity index (χ4v) is 1.24. The molecule has 0 aromatic rings. The molecule has 0 aliphatic heterocycles. The number of unbranched alkanes of at least 4 members (excludes halogenated alkanes) is 5. The van der Waals surface area contributed by atoms with E-state index in [1.54, 1.807) is 7.11 Å². The van der Waals surface area contributed by atoms with Crippen molar-refractivity contribution in [2.45, 2.75) is 52.4 Å². The molecule has 0 unspecified atom stereocenters. The Bertz CT molecular complexity index is 85.2. The normalized spacial score (nSPS) is 9.75. The van der Waals surface area contributed by atoms with Crippen LogP contribution in [0.4, 0.5) is 0 Å². The molecule has 16 heavy (non-hydrogen) atoms. The first-order valence-corrected chi connectivity index (χ1v) is 6.50. The first-order valence-electron chi connectivity index (χ1n) is 6.50. The molecule has 1 N–H and O–H groups in total. The summed E-state index contributed by atoms with van der Waals surface area (Å²) in [5.41, 5.74) is 0. The average Bonchev–Trinajstić information content (AvgIpc) is 2.32. The number of rotatable bonds is 10. The molecule has 0 aromatic heterocycles. The van der Waals surface area contributed by atoms with E-state index in [0.29, 0.717) is 13.2 Å². The molecule has 0 radical (unpaired) electrons. The number of aliphatic hydroxyl groups is 1. The molecule has 0 rings (SSSR count). The molecule has 3 heteroatoms. The van der Waals surface area contributed by atoms with Crippen LogP contribution in [0, 0.1) is 0 Å². The molecule has 0 aliphatic carbocycles. The SMILES string of the molecule is CCCCCCCCOC.CCOCCO. The Morgan fingerprint density at radius 3 is 1.94 bits per heavy atom. The molecule has 0 amide bonds. The van der Waals surface area contributed by atoms with Crippen molar-refractivity contribution >= 4 is 0 Å². The van der Waals surface area contributed by atoms with E-state index in [1.165, 1.54) is 38.5 Å². The van der Waals surface area contributed by atoms with Gasteiger partial charge in [-0.25, -0.2) is 0 Å². The Morgan fingerprint density at radius 1 is 0.875 bits per heavy atom. The zero-order valence-electron chi connectivity index (χ0n) is 11.3. The highest BCUT2D eigenvalue weighted by Crippen LogP contribution is 2.04. The third-order valence-corrected chi connectivity index (χ3v) is 2.14. The second-order valence-electron chi connectivity index (χ2n) is 3.68. The van der Waals surface area contributed by atoms with Gasteiger partial charge >= 0.3 is 0 Å². The Morgan fingerprint density at radius 2 is 1.50 bits per heavy atom. The smallest absolute Gasteiger partial charge is 0.0697 e. The van der Waals surface area contributed by atoms with Crippen LogP contribution in [0.2, 0.25) is 0 Å². The summed E-state index contributed by atoms with van der Waals surface area (Å²) in [5, 5.41) is 8.07. The predicted molar refractivity (Wildman–Crippen MR) is 68.8 cm³/mol. The zero-order chi connectivity index (χ0) is 12.5. The highest BCUT2D eigenvalue weighted by molar-refractivity contribution is 4.42. The van der Waals surface area contributed by atoms with Crippen molar-refractivity contribution in [3.05, 3.63) is 0 Å². The summed E-state index contributed by atoms with van der Waals surface area (Å²) in [7, 11) is 1.77. The van der Waals surface area contributed by atoms with Crippen LogP contribution in [-0.4, -0.2) is 38.6 Å². The van der Waals surface area contributed by atoms with Gasteiger partial charge < -0.3 is 14.6 Å². The van der Waals surface area contributed by atoms with Crippen LogP contribution in [0.3, 0.4) is 0 Å². The van der Waals surface area contributed by atoms with E-state index in [1.807, 2.05) is 6.92 Å². The van der Waals surface area contributed by atoms with Gasteiger partial charge in [-0.2, -0.15) is 0 Å². The van der Waals surface area contributed by atoms with Crippen LogP contribution in [0.25, 0.3) is 0 Å². The summed E-state index contributed by atoms with van der Waals surface area (Å²) < 4.78 is 9.68. The van der Waals surface area contributed by atoms with Crippen molar-refractivity contribution in [1.82, 2.24) is 0 Å². The van der Waals surface area contributed by atoms with Crippen LogP contribution < -0.4 is 0 Å². The van der Waals surface area contributed by atoms with Crippen molar-refractivity contribution in [2.24, 2.45) is 0 Å². The van der Waals surface area contributed by atoms with Crippen LogP contribution >= 0.6 is 0 Å². The van der Waals surface area contributed by atoms with Gasteiger partial charge in [-0.15, -0.1) is 0 Å². The molecule has 0 spiro atoms. The highest BCUT2D eigenvalue weighted by atomic mass is 16.5. The summed E-state index contributed by atoms with van der Waals surface area (Å²) in [6.07, 6.45) is 8.10. The maximum absolute atomic E-state index is 8.07. The summed E-state index contributed by atoms with van der Waals surface area (Å²) in [4.78, 5) is 0. The summed E-state index contributed by atoms with van der Waals surface area (Å²) in [5.74, 6) is 0. The number of hydrogen-bond donors (Lipinski definition) is 1. The number of ether oxygens (including phenoxy) is 2. The molecule has 0 aliphatic rings. The van der Waals surface area contributed by atoms with Crippen LogP contribution in [0.1, 0.15) is 52.4 Å². The van der Waals surface area contributed by atoms with Gasteiger partial charge in [-0.3, -0.25) is 0 Å². The zero-order valence-corrected chi connectivity index (χ0v) is 11.3. The van der Waals surface area contributed by atoms with Gasteiger partial charge in [-0.1, -0.05) is 39.0 Å². The van der Waals surface area contributed by atoms with Gasteiger partial charge in [0.25, 0.3) is 0 Å². The Hall–Kier alpha value is -0.120. The van der Waals surface area contributed by atoms with E-state index in [9.17, 15) is 0 Å². The molecule has 0 saturated carbocycles. The standard InChI is InChI=1S/C9H20O.C4H10O2/c1-3-4-5-6-7-8-9-10-2;1-2-6-4-3-5/h3-9H2,1-2H3;5H,2-4H2,1H3. The predicted octanol–water partition coefficient (Wildman–Crippen LogP) is 3.01. The third kappa shape index (κ3) is 23.6. The second kappa shape index (κ2) is 20.3. The summed E-state index contributed by atoms with van der Waals surface area (Å²) in [6, 6.07) is 0. The third-order valence-electron chi connectivity index (χ3n) is 2.14. The lowest BCUT2D eigenvalue weighted by molar-refractivity contribution is 0.102. The van der Waals surface area contributed by atoms with E-state index in [4.69, 9.17) is 14.6 Å². The van der Waals surface area contributed by atoms with Gasteiger partial charge in [0.05, 0.1) is 13.2 Å². The van der Waals surface area contributed by atoms with Crippen LogP contribution in [0.15, 0.2) is 0 Å². The molecule has 100 valence electrons. The summed E-state index contributed by atoms with van der Waals surface area (Å²) >= 11 is 0. The Labute approximate surface area is 101 Å². The minimum absolute atomic E-state index is 0.133. The maximum atomic E-state index is 8.07. The fourth-order valence-electron chi connectivity index (χ4n) is 1.24. The lowest BCUT2D eigenvalue weighted by atomic mass is 10.1. The molecule has 0 bridgehead atoms. The topological polar surface area (TPSA) is 38.7 Å². The number of aliphatic hydroxyl groups excluding tert-OH is 1. The van der Waals surface area contributed by atoms with E-state index in [-0.39, 0.29) is 6.61 Å². The number of methoxy groups -OCH3 is 1. The van der Waals surface area contributed by atoms with E-state index >= 15 is 0 Å². The Balaban J connectivity index is 0. The van der Waals surface area contributed by atoms with E-state index in [0.717, 1.165) is 6.61 Å². The number of hydrogen-bond acceptors (Lipinski definition) is 3. The van der Waals surface area contributed by atoms with Gasteiger partial charge in [0.2, 0.25) is 0 Å². The van der Waals surface area contributed by atoms with Crippen molar-refractivity contribution in [3.8, 4) is 0 Å². The Kier molecular flexibility index (Phi) is 23.2. The van der Waals surface area contributed by atoms with E-state index < -0.39 is 0 Å². The second-order valence-corrected chi connectivity index (χ2v) is 3.68. The van der Waals surface area contributed by atoms with Gasteiger partial charge in [-0.05, 0) is 13.3 Å². The molecular weight excluding hydrogens is 204 g/mol. The molecule has 3 nitrogen and oxygen atoms in total. The average molecular weight is 234 g/mol. The van der Waals surface area contributed by atoms with Crippen molar-refractivity contribution in [3.63, 3.8) is 0 Å². The van der Waals surface area contributed by atoms with Crippen molar-refractivity contribution < 1.29 is 14.6 Å². The minimum Gasteiger partial charge on any atom is -0.394 e. The van der Waals surface area contributed by atoms with Gasteiger partial charge in [0, 0.05) is 20.3 Å². The van der Waals surface area contributed by atoms with Crippen LogP contribution in [0.5, 0.6) is 0 Å². The molecule has 0 saturated heterocycles. The molecule has 0 heterocycles. The van der Waals surface area contributed by atoms with E-state index in [2.05, 4.69) is 6.92 Å². The lowest BCUT2D eigenvalue weighted by Crippen LogP contribution is -1.96. The van der Waals surface area contributed by atoms with Gasteiger partial charge in [0.1, 0.15) is 0 Å². The monoisotopic (exact) mass is 234 g/mol. The minimum atomic E-state index is 0.133. The molecule has 0 atom stereocenters. The fraction of sp³-hybridized carbons (Fsp3) is 1.00. The molecular formula is C13H30O3. The van der Waals surface area contributed by atoms with Crippen LogP contribution in [-0.2, 0) is 9.47 Å². The highest BCUT2D eigenvalue weighted by Gasteiger charge is 1.87. The quantitative estimate of drug-likeness (QED) is 0.591. The first kappa shape index (κ1) is 18.3. The maximum Gasteiger partial charge on any atom is 0.0697 e. The first-order chi connectivity index (χ1) is 7.83. The van der Waals surface area contributed by atoms with Crippen molar-refractivity contribution in [2.75, 3.05) is 33.5 Å². The largest absolute Gasteiger partial charge is 0.394 e. The van der Waals surface area contributed by atoms with Crippen molar-refractivity contribution in [1.29, 1.82) is 0 Å². The molecule has 0 aromatic carbocycles. The summed E-state index contributed by atoms with van der Waals surface area (Å²) in [6.45, 7) is 6.38. The lowest BCUT2D eigenvalue weighted by Gasteiger charge is -1.98.